The third-order valence-corrected chi connectivity index (χ3v) is 6.33. The number of carbonyl (C=O) groups is 1. The standard InChI is InChI=1S/C19H21F3N4O3S/c20-19(21,22)13-23-18(27)17-12-16(24-25-17)15-6-9-26(10-7-15)30(28,29)11-8-14-4-2-1-3-5-14/h1-5,8,11-12,15H,6-7,9-10,13H2,(H,23,27)(H,24,25)/b11-8+. The van der Waals surface area contributed by atoms with Crippen LogP contribution in [0.5, 0.6) is 0 Å². The summed E-state index contributed by atoms with van der Waals surface area (Å²) in [5, 5.41) is 9.41. The van der Waals surface area contributed by atoms with Crippen LogP contribution in [0.25, 0.3) is 6.08 Å². The Morgan fingerprint density at radius 2 is 1.90 bits per heavy atom. The molecular formula is C19H21F3N4O3S. The number of benzene rings is 1. The molecule has 1 aliphatic rings. The molecule has 0 bridgehead atoms. The van der Waals surface area contributed by atoms with E-state index >= 15 is 0 Å². The van der Waals surface area contributed by atoms with Crippen molar-refractivity contribution in [1.29, 1.82) is 0 Å². The summed E-state index contributed by atoms with van der Waals surface area (Å²) in [5.41, 5.74) is 1.25. The number of piperidine rings is 1. The van der Waals surface area contributed by atoms with Crippen molar-refractivity contribution >= 4 is 22.0 Å². The highest BCUT2D eigenvalue weighted by Crippen LogP contribution is 2.28. The monoisotopic (exact) mass is 442 g/mol. The number of nitrogens with zero attached hydrogens (tertiary/aromatic N) is 2. The molecule has 7 nitrogen and oxygen atoms in total. The van der Waals surface area contributed by atoms with Gasteiger partial charge in [-0.3, -0.25) is 9.89 Å². The second-order valence-corrected chi connectivity index (χ2v) is 8.76. The quantitative estimate of drug-likeness (QED) is 0.719. The normalized spacial score (nSPS) is 16.8. The van der Waals surface area contributed by atoms with Gasteiger partial charge in [0.05, 0.1) is 0 Å². The number of aromatic amines is 1. The van der Waals surface area contributed by atoms with E-state index in [9.17, 15) is 26.4 Å². The molecule has 0 spiro atoms. The lowest BCUT2D eigenvalue weighted by Gasteiger charge is -2.29. The van der Waals surface area contributed by atoms with Crippen molar-refractivity contribution < 1.29 is 26.4 Å². The fourth-order valence-electron chi connectivity index (χ4n) is 3.17. The number of hydrogen-bond acceptors (Lipinski definition) is 4. The second-order valence-electron chi connectivity index (χ2n) is 6.94. The van der Waals surface area contributed by atoms with E-state index in [1.165, 1.54) is 15.8 Å². The van der Waals surface area contributed by atoms with Crippen LogP contribution in [0.1, 0.15) is 40.5 Å². The van der Waals surface area contributed by atoms with Crippen LogP contribution >= 0.6 is 0 Å². The molecule has 11 heteroatoms. The zero-order valence-electron chi connectivity index (χ0n) is 15.9. The number of nitrogens with one attached hydrogen (secondary N) is 2. The van der Waals surface area contributed by atoms with Gasteiger partial charge in [-0.25, -0.2) is 8.42 Å². The smallest absolute Gasteiger partial charge is 0.342 e. The lowest BCUT2D eigenvalue weighted by atomic mass is 9.94. The summed E-state index contributed by atoms with van der Waals surface area (Å²) in [6.07, 6.45) is -1.95. The maximum Gasteiger partial charge on any atom is 0.405 e. The Morgan fingerprint density at radius 1 is 1.23 bits per heavy atom. The molecule has 0 aliphatic carbocycles. The topological polar surface area (TPSA) is 95.2 Å². The Balaban J connectivity index is 1.56. The lowest BCUT2D eigenvalue weighted by molar-refractivity contribution is -0.123. The predicted octanol–water partition coefficient (Wildman–Crippen LogP) is 2.88. The maximum atomic E-state index is 12.5. The number of alkyl halides is 3. The zero-order chi connectivity index (χ0) is 21.8. The molecule has 3 rings (SSSR count). The van der Waals surface area contributed by atoms with E-state index in [4.69, 9.17) is 0 Å². The SMILES string of the molecule is O=C(NCC(F)(F)F)c1cc(C2CCN(S(=O)(=O)/C=C/c3ccccc3)CC2)[nH]n1. The Labute approximate surface area is 172 Å². The molecule has 1 fully saturated rings. The van der Waals surface area contributed by atoms with Crippen LogP contribution in [-0.4, -0.2) is 54.6 Å². The van der Waals surface area contributed by atoms with Crippen molar-refractivity contribution in [2.45, 2.75) is 24.9 Å². The van der Waals surface area contributed by atoms with Crippen LogP contribution in [-0.2, 0) is 10.0 Å². The molecule has 1 amide bonds. The predicted molar refractivity (Wildman–Crippen MR) is 105 cm³/mol. The van der Waals surface area contributed by atoms with Crippen molar-refractivity contribution in [3.05, 3.63) is 58.8 Å². The number of H-pyrrole nitrogens is 1. The van der Waals surface area contributed by atoms with Gasteiger partial charge in [0.15, 0.2) is 0 Å². The zero-order valence-corrected chi connectivity index (χ0v) is 16.7. The summed E-state index contributed by atoms with van der Waals surface area (Å²) in [7, 11) is -3.56. The molecule has 0 unspecified atom stereocenters. The van der Waals surface area contributed by atoms with Crippen LogP contribution in [0.15, 0.2) is 41.8 Å². The fourth-order valence-corrected chi connectivity index (χ4v) is 4.39. The largest absolute Gasteiger partial charge is 0.405 e. The molecule has 1 aromatic carbocycles. The van der Waals surface area contributed by atoms with Crippen molar-refractivity contribution in [2.75, 3.05) is 19.6 Å². The van der Waals surface area contributed by atoms with Crippen LogP contribution < -0.4 is 5.32 Å². The van der Waals surface area contributed by atoms with Gasteiger partial charge in [-0.1, -0.05) is 30.3 Å². The molecule has 1 aromatic heterocycles. The van der Waals surface area contributed by atoms with E-state index in [0.29, 0.717) is 31.6 Å². The highest BCUT2D eigenvalue weighted by atomic mass is 32.2. The molecule has 0 saturated carbocycles. The van der Waals surface area contributed by atoms with Gasteiger partial charge >= 0.3 is 6.18 Å². The average molecular weight is 442 g/mol. The van der Waals surface area contributed by atoms with E-state index in [-0.39, 0.29) is 11.6 Å². The Hall–Kier alpha value is -2.66. The molecule has 2 aromatic rings. The number of aromatic nitrogens is 2. The van der Waals surface area contributed by atoms with Crippen molar-refractivity contribution in [3.8, 4) is 0 Å². The number of hydrogen-bond donors (Lipinski definition) is 2. The molecule has 0 atom stereocenters. The van der Waals surface area contributed by atoms with Gasteiger partial charge in [-0.2, -0.15) is 22.6 Å². The summed E-state index contributed by atoms with van der Waals surface area (Å²) < 4.78 is 63.1. The van der Waals surface area contributed by atoms with Crippen LogP contribution in [0.3, 0.4) is 0 Å². The van der Waals surface area contributed by atoms with Gasteiger partial charge in [0, 0.05) is 30.1 Å². The van der Waals surface area contributed by atoms with Crippen LogP contribution in [0, 0.1) is 0 Å². The summed E-state index contributed by atoms with van der Waals surface area (Å²) in [6.45, 7) is -0.845. The van der Waals surface area contributed by atoms with Gasteiger partial charge in [0.2, 0.25) is 10.0 Å². The Kier molecular flexibility index (Phi) is 6.61. The first-order chi connectivity index (χ1) is 14.1. The number of halogens is 3. The van der Waals surface area contributed by atoms with Gasteiger partial charge in [-0.05, 0) is 30.5 Å². The summed E-state index contributed by atoms with van der Waals surface area (Å²) >= 11 is 0. The van der Waals surface area contributed by atoms with E-state index in [1.807, 2.05) is 18.2 Å². The summed E-state index contributed by atoms with van der Waals surface area (Å²) in [4.78, 5) is 11.8. The number of sulfonamides is 1. The summed E-state index contributed by atoms with van der Waals surface area (Å²) in [5.74, 6) is -0.980. The van der Waals surface area contributed by atoms with Gasteiger partial charge in [0.1, 0.15) is 12.2 Å². The molecule has 0 radical (unpaired) electrons. The van der Waals surface area contributed by atoms with Gasteiger partial charge < -0.3 is 5.32 Å². The second kappa shape index (κ2) is 9.00. The van der Waals surface area contributed by atoms with E-state index in [1.54, 1.807) is 23.5 Å². The minimum Gasteiger partial charge on any atom is -0.342 e. The number of amides is 1. The van der Waals surface area contributed by atoms with Crippen molar-refractivity contribution in [3.63, 3.8) is 0 Å². The van der Waals surface area contributed by atoms with Crippen molar-refractivity contribution in [2.24, 2.45) is 0 Å². The minimum atomic E-state index is -4.50. The highest BCUT2D eigenvalue weighted by molar-refractivity contribution is 7.92. The lowest BCUT2D eigenvalue weighted by Crippen LogP contribution is -2.36. The molecule has 1 aliphatic heterocycles. The van der Waals surface area contributed by atoms with Gasteiger partial charge in [-0.15, -0.1) is 0 Å². The van der Waals surface area contributed by atoms with E-state index in [2.05, 4.69) is 10.2 Å². The van der Waals surface area contributed by atoms with Crippen LogP contribution in [0.2, 0.25) is 0 Å². The van der Waals surface area contributed by atoms with Crippen LogP contribution in [0.4, 0.5) is 13.2 Å². The third-order valence-electron chi connectivity index (χ3n) is 4.77. The molecule has 2 N–H and O–H groups in total. The first-order valence-corrected chi connectivity index (χ1v) is 10.8. The molecule has 2 heterocycles. The third kappa shape index (κ3) is 5.92. The number of rotatable bonds is 6. The van der Waals surface area contributed by atoms with E-state index < -0.39 is 28.7 Å². The molecular weight excluding hydrogens is 421 g/mol. The highest BCUT2D eigenvalue weighted by Gasteiger charge is 2.30. The summed E-state index contributed by atoms with van der Waals surface area (Å²) in [6, 6.07) is 10.5. The fraction of sp³-hybridized carbons (Fsp3) is 0.368. The average Bonchev–Trinajstić information content (AvgIpc) is 3.21. The molecule has 1 saturated heterocycles. The maximum absolute atomic E-state index is 12.5. The van der Waals surface area contributed by atoms with Gasteiger partial charge in [0.25, 0.3) is 5.91 Å². The Morgan fingerprint density at radius 3 is 2.53 bits per heavy atom. The minimum absolute atomic E-state index is 0.0637. The Bertz CT molecular complexity index is 996. The van der Waals surface area contributed by atoms with Crippen molar-refractivity contribution in [1.82, 2.24) is 19.8 Å². The molecule has 30 heavy (non-hydrogen) atoms. The number of carbonyl (C=O) groups excluding carboxylic acids is 1. The first-order valence-electron chi connectivity index (χ1n) is 9.27. The van der Waals surface area contributed by atoms with E-state index in [0.717, 1.165) is 5.56 Å². The molecule has 162 valence electrons. The first kappa shape index (κ1) is 22.0.